The van der Waals surface area contributed by atoms with E-state index in [1.165, 1.54) is 49.5 Å². The molecule has 1 fully saturated rings. The molecule has 21 heavy (non-hydrogen) atoms. The van der Waals surface area contributed by atoms with Gasteiger partial charge in [-0.15, -0.1) is 11.3 Å². The molecule has 0 saturated carbocycles. The Labute approximate surface area is 134 Å². The van der Waals surface area contributed by atoms with E-state index in [1.54, 1.807) is 11.3 Å². The van der Waals surface area contributed by atoms with E-state index < -0.39 is 0 Å². The third-order valence-electron chi connectivity index (χ3n) is 4.24. The van der Waals surface area contributed by atoms with Crippen LogP contribution in [-0.4, -0.2) is 35.6 Å². The Bertz CT molecular complexity index is 422. The molecule has 1 aromatic rings. The largest absolute Gasteiger partial charge is 0.311 e. The fourth-order valence-electron chi connectivity index (χ4n) is 2.85. The minimum absolute atomic E-state index is 0.174. The summed E-state index contributed by atoms with van der Waals surface area (Å²) < 4.78 is 0. The van der Waals surface area contributed by atoms with Crippen LogP contribution in [0.1, 0.15) is 64.1 Å². The van der Waals surface area contributed by atoms with Crippen LogP contribution in [0.25, 0.3) is 0 Å². The van der Waals surface area contributed by atoms with Crippen LogP contribution >= 0.6 is 11.3 Å². The van der Waals surface area contributed by atoms with Gasteiger partial charge >= 0.3 is 0 Å². The lowest BCUT2D eigenvalue weighted by molar-refractivity contribution is 0.159. The zero-order valence-corrected chi connectivity index (χ0v) is 14.9. The van der Waals surface area contributed by atoms with Crippen molar-refractivity contribution in [1.82, 2.24) is 15.2 Å². The zero-order valence-electron chi connectivity index (χ0n) is 14.1. The standard InChI is InChI=1S/C17H31N3S/c1-14-8-5-6-10-20(14)11-7-9-18-12-15-13-21-16(19-15)17(2,3)4/h13-14,18H,5-12H2,1-4H3. The monoisotopic (exact) mass is 309 g/mol. The number of piperidine rings is 1. The maximum atomic E-state index is 4.73. The quantitative estimate of drug-likeness (QED) is 0.810. The summed E-state index contributed by atoms with van der Waals surface area (Å²) >= 11 is 1.78. The number of rotatable bonds is 6. The van der Waals surface area contributed by atoms with Crippen LogP contribution in [-0.2, 0) is 12.0 Å². The lowest BCUT2D eigenvalue weighted by Gasteiger charge is -2.33. The van der Waals surface area contributed by atoms with Gasteiger partial charge in [-0.3, -0.25) is 0 Å². The van der Waals surface area contributed by atoms with Crippen molar-refractivity contribution in [3.05, 3.63) is 16.1 Å². The molecule has 0 spiro atoms. The number of thiazole rings is 1. The van der Waals surface area contributed by atoms with E-state index in [0.29, 0.717) is 0 Å². The van der Waals surface area contributed by atoms with Crippen LogP contribution < -0.4 is 5.32 Å². The number of nitrogens with zero attached hydrogens (tertiary/aromatic N) is 2. The van der Waals surface area contributed by atoms with Gasteiger partial charge in [0.1, 0.15) is 0 Å². The molecule has 4 heteroatoms. The van der Waals surface area contributed by atoms with Gasteiger partial charge in [-0.25, -0.2) is 4.98 Å². The maximum Gasteiger partial charge on any atom is 0.0982 e. The molecule has 0 radical (unpaired) electrons. The van der Waals surface area contributed by atoms with E-state index in [9.17, 15) is 0 Å². The predicted molar refractivity (Wildman–Crippen MR) is 92.0 cm³/mol. The van der Waals surface area contributed by atoms with E-state index in [-0.39, 0.29) is 5.41 Å². The minimum Gasteiger partial charge on any atom is -0.311 e. The highest BCUT2D eigenvalue weighted by Crippen LogP contribution is 2.25. The molecule has 120 valence electrons. The van der Waals surface area contributed by atoms with Crippen molar-refractivity contribution in [3.8, 4) is 0 Å². The third-order valence-corrected chi connectivity index (χ3v) is 5.56. The van der Waals surface area contributed by atoms with Crippen molar-refractivity contribution >= 4 is 11.3 Å². The molecule has 2 rings (SSSR count). The first-order valence-corrected chi connectivity index (χ1v) is 9.24. The summed E-state index contributed by atoms with van der Waals surface area (Å²) in [5.74, 6) is 0. The lowest BCUT2D eigenvalue weighted by atomic mass is 9.98. The van der Waals surface area contributed by atoms with Crippen molar-refractivity contribution in [2.75, 3.05) is 19.6 Å². The molecule has 0 aliphatic carbocycles. The molecule has 1 aliphatic rings. The molecule has 1 unspecified atom stereocenters. The number of hydrogen-bond acceptors (Lipinski definition) is 4. The van der Waals surface area contributed by atoms with Crippen LogP contribution in [0.4, 0.5) is 0 Å². The van der Waals surface area contributed by atoms with Gasteiger partial charge in [0.25, 0.3) is 0 Å². The minimum atomic E-state index is 0.174. The van der Waals surface area contributed by atoms with Gasteiger partial charge in [0.2, 0.25) is 0 Å². The van der Waals surface area contributed by atoms with Crippen LogP contribution in [0.15, 0.2) is 5.38 Å². The van der Waals surface area contributed by atoms with Crippen molar-refractivity contribution in [1.29, 1.82) is 0 Å². The summed E-state index contributed by atoms with van der Waals surface area (Å²) in [6.45, 7) is 13.6. The van der Waals surface area contributed by atoms with E-state index in [0.717, 1.165) is 19.1 Å². The Morgan fingerprint density at radius 3 is 2.86 bits per heavy atom. The number of aromatic nitrogens is 1. The molecule has 1 aliphatic heterocycles. The van der Waals surface area contributed by atoms with Crippen molar-refractivity contribution < 1.29 is 0 Å². The SMILES string of the molecule is CC1CCCCN1CCCNCc1csc(C(C)(C)C)n1. The Morgan fingerprint density at radius 1 is 1.38 bits per heavy atom. The fourth-order valence-corrected chi connectivity index (χ4v) is 3.75. The summed E-state index contributed by atoms with van der Waals surface area (Å²) in [4.78, 5) is 7.37. The van der Waals surface area contributed by atoms with Gasteiger partial charge in [-0.1, -0.05) is 27.2 Å². The van der Waals surface area contributed by atoms with Crippen LogP contribution in [0, 0.1) is 0 Å². The van der Waals surface area contributed by atoms with Gasteiger partial charge in [0.05, 0.1) is 10.7 Å². The Kier molecular flexibility index (Phi) is 6.20. The lowest BCUT2D eigenvalue weighted by Crippen LogP contribution is -2.38. The molecule has 3 nitrogen and oxygen atoms in total. The first-order valence-electron chi connectivity index (χ1n) is 8.36. The average Bonchev–Trinajstić information content (AvgIpc) is 2.89. The number of nitrogens with one attached hydrogen (secondary N) is 1. The fraction of sp³-hybridized carbons (Fsp3) is 0.824. The van der Waals surface area contributed by atoms with Crippen molar-refractivity contribution in [2.45, 2.75) is 71.4 Å². The van der Waals surface area contributed by atoms with Crippen molar-refractivity contribution in [2.24, 2.45) is 0 Å². The highest BCUT2D eigenvalue weighted by Gasteiger charge is 2.18. The predicted octanol–water partition coefficient (Wildman–Crippen LogP) is 3.79. The molecular weight excluding hydrogens is 278 g/mol. The van der Waals surface area contributed by atoms with Gasteiger partial charge in [-0.05, 0) is 45.8 Å². The molecule has 0 amide bonds. The summed E-state index contributed by atoms with van der Waals surface area (Å²) in [6, 6.07) is 0.784. The van der Waals surface area contributed by atoms with Gasteiger partial charge in [0, 0.05) is 23.4 Å². The first-order chi connectivity index (χ1) is 9.97. The number of likely N-dealkylation sites (tertiary alicyclic amines) is 1. The van der Waals surface area contributed by atoms with Gasteiger partial charge < -0.3 is 10.2 Å². The highest BCUT2D eigenvalue weighted by molar-refractivity contribution is 7.09. The van der Waals surface area contributed by atoms with E-state index in [2.05, 4.69) is 43.3 Å². The van der Waals surface area contributed by atoms with Gasteiger partial charge in [-0.2, -0.15) is 0 Å². The second kappa shape index (κ2) is 7.70. The summed E-state index contributed by atoms with van der Waals surface area (Å²) in [5.41, 5.74) is 1.36. The molecule has 1 saturated heterocycles. The summed E-state index contributed by atoms with van der Waals surface area (Å²) in [7, 11) is 0. The Hall–Kier alpha value is -0.450. The second-order valence-electron chi connectivity index (χ2n) is 7.31. The molecule has 1 aromatic heterocycles. The molecule has 0 bridgehead atoms. The zero-order chi connectivity index (χ0) is 15.3. The highest BCUT2D eigenvalue weighted by atomic mass is 32.1. The smallest absolute Gasteiger partial charge is 0.0982 e. The third kappa shape index (κ3) is 5.35. The topological polar surface area (TPSA) is 28.2 Å². The normalized spacial score (nSPS) is 20.9. The van der Waals surface area contributed by atoms with Crippen LogP contribution in [0.5, 0.6) is 0 Å². The Morgan fingerprint density at radius 2 is 2.19 bits per heavy atom. The Balaban J connectivity index is 1.62. The van der Waals surface area contributed by atoms with E-state index >= 15 is 0 Å². The summed E-state index contributed by atoms with van der Waals surface area (Å²) in [5, 5.41) is 6.97. The summed E-state index contributed by atoms with van der Waals surface area (Å²) in [6.07, 6.45) is 5.41. The van der Waals surface area contributed by atoms with Crippen molar-refractivity contribution in [3.63, 3.8) is 0 Å². The molecular formula is C17H31N3S. The number of hydrogen-bond donors (Lipinski definition) is 1. The molecule has 1 N–H and O–H groups in total. The van der Waals surface area contributed by atoms with E-state index in [1.807, 2.05) is 0 Å². The second-order valence-corrected chi connectivity index (χ2v) is 8.16. The van der Waals surface area contributed by atoms with Crippen LogP contribution in [0.2, 0.25) is 0 Å². The molecule has 0 aromatic carbocycles. The van der Waals surface area contributed by atoms with Gasteiger partial charge in [0.15, 0.2) is 0 Å². The average molecular weight is 310 g/mol. The maximum absolute atomic E-state index is 4.73. The molecule has 2 heterocycles. The molecule has 1 atom stereocenters. The van der Waals surface area contributed by atoms with Crippen LogP contribution in [0.3, 0.4) is 0 Å². The van der Waals surface area contributed by atoms with E-state index in [4.69, 9.17) is 4.98 Å². The first kappa shape index (κ1) is 16.9.